The van der Waals surface area contributed by atoms with E-state index in [1.807, 2.05) is 43.9 Å². The third-order valence-corrected chi connectivity index (χ3v) is 4.89. The van der Waals surface area contributed by atoms with E-state index in [0.717, 1.165) is 38.6 Å². The highest BCUT2D eigenvalue weighted by Crippen LogP contribution is 2.18. The number of alkyl carbamates (subject to hydrolysis) is 1. The van der Waals surface area contributed by atoms with E-state index in [-0.39, 0.29) is 11.9 Å². The summed E-state index contributed by atoms with van der Waals surface area (Å²) in [6.45, 7) is 7.97. The molecule has 29 heavy (non-hydrogen) atoms. The van der Waals surface area contributed by atoms with E-state index in [0.29, 0.717) is 26.2 Å². The van der Waals surface area contributed by atoms with Gasteiger partial charge in [-0.1, -0.05) is 30.3 Å². The number of carbonyl (C=O) groups excluding carboxylic acids is 2. The molecule has 1 atom stereocenters. The van der Waals surface area contributed by atoms with Gasteiger partial charge in [0.25, 0.3) is 0 Å². The SMILES string of the molecule is CC(C)(C)OC(=O)NCC1CCCCN1C(=O)CCCOCCc1ccccc1. The predicted octanol–water partition coefficient (Wildman–Crippen LogP) is 3.93. The number of hydrogen-bond donors (Lipinski definition) is 1. The Balaban J connectivity index is 1.65. The van der Waals surface area contributed by atoms with Crippen LogP contribution in [0.15, 0.2) is 30.3 Å². The molecule has 1 heterocycles. The van der Waals surface area contributed by atoms with Crippen molar-refractivity contribution in [3.8, 4) is 0 Å². The van der Waals surface area contributed by atoms with Crippen LogP contribution in [0.25, 0.3) is 0 Å². The molecule has 0 aromatic heterocycles. The summed E-state index contributed by atoms with van der Waals surface area (Å²) >= 11 is 0. The summed E-state index contributed by atoms with van der Waals surface area (Å²) in [4.78, 5) is 26.5. The van der Waals surface area contributed by atoms with E-state index in [2.05, 4.69) is 17.4 Å². The van der Waals surface area contributed by atoms with E-state index >= 15 is 0 Å². The second kappa shape index (κ2) is 11.8. The van der Waals surface area contributed by atoms with Gasteiger partial charge < -0.3 is 19.7 Å². The first-order chi connectivity index (χ1) is 13.8. The van der Waals surface area contributed by atoms with Crippen LogP contribution in [0.5, 0.6) is 0 Å². The number of rotatable bonds is 9. The molecule has 1 aromatic carbocycles. The average molecular weight is 405 g/mol. The molecule has 1 N–H and O–H groups in total. The standard InChI is InChI=1S/C23H36N2O4/c1-23(2,3)29-22(27)24-18-20-12-7-8-15-25(20)21(26)13-9-16-28-17-14-19-10-5-4-6-11-19/h4-6,10-11,20H,7-9,12-18H2,1-3H3,(H,24,27). The Morgan fingerprint density at radius 2 is 1.90 bits per heavy atom. The minimum absolute atomic E-state index is 0.0442. The van der Waals surface area contributed by atoms with Gasteiger partial charge in [-0.2, -0.15) is 0 Å². The van der Waals surface area contributed by atoms with Crippen molar-refractivity contribution in [1.82, 2.24) is 10.2 Å². The number of amides is 2. The van der Waals surface area contributed by atoms with Gasteiger partial charge in [-0.05, 0) is 58.4 Å². The molecular formula is C23H36N2O4. The zero-order valence-corrected chi connectivity index (χ0v) is 18.1. The van der Waals surface area contributed by atoms with Crippen LogP contribution in [0.3, 0.4) is 0 Å². The lowest BCUT2D eigenvalue weighted by Crippen LogP contribution is -2.50. The van der Waals surface area contributed by atoms with Crippen molar-refractivity contribution in [3.63, 3.8) is 0 Å². The zero-order valence-electron chi connectivity index (χ0n) is 18.1. The minimum atomic E-state index is -0.521. The molecule has 6 heteroatoms. The number of carbonyl (C=O) groups is 2. The Morgan fingerprint density at radius 3 is 2.62 bits per heavy atom. The highest BCUT2D eigenvalue weighted by Gasteiger charge is 2.27. The molecule has 1 saturated heterocycles. The Labute approximate surface area is 174 Å². The fourth-order valence-electron chi connectivity index (χ4n) is 3.46. The number of hydrogen-bond acceptors (Lipinski definition) is 4. The average Bonchev–Trinajstić information content (AvgIpc) is 2.68. The normalized spacial score (nSPS) is 17.1. The van der Waals surface area contributed by atoms with Crippen LogP contribution in [0.1, 0.15) is 58.4 Å². The molecule has 0 saturated carbocycles. The van der Waals surface area contributed by atoms with Crippen LogP contribution in [0.4, 0.5) is 4.79 Å². The molecule has 0 bridgehead atoms. The van der Waals surface area contributed by atoms with Crippen LogP contribution < -0.4 is 5.32 Å². The van der Waals surface area contributed by atoms with Crippen molar-refractivity contribution < 1.29 is 19.1 Å². The summed E-state index contributed by atoms with van der Waals surface area (Å²) in [6, 6.07) is 10.3. The molecule has 6 nitrogen and oxygen atoms in total. The first-order valence-corrected chi connectivity index (χ1v) is 10.7. The Morgan fingerprint density at radius 1 is 1.14 bits per heavy atom. The number of benzene rings is 1. The molecular weight excluding hydrogens is 368 g/mol. The topological polar surface area (TPSA) is 67.9 Å². The number of nitrogens with zero attached hydrogens (tertiary/aromatic N) is 1. The van der Waals surface area contributed by atoms with Crippen LogP contribution in [-0.2, 0) is 20.7 Å². The summed E-state index contributed by atoms with van der Waals surface area (Å²) in [7, 11) is 0. The maximum atomic E-state index is 12.7. The van der Waals surface area contributed by atoms with Gasteiger partial charge in [0, 0.05) is 32.2 Å². The van der Waals surface area contributed by atoms with E-state index in [1.165, 1.54) is 5.56 Å². The monoisotopic (exact) mass is 404 g/mol. The lowest BCUT2D eigenvalue weighted by molar-refractivity contribution is -0.135. The van der Waals surface area contributed by atoms with Crippen LogP contribution in [0.2, 0.25) is 0 Å². The van der Waals surface area contributed by atoms with Crippen molar-refractivity contribution in [1.29, 1.82) is 0 Å². The molecule has 0 spiro atoms. The molecule has 2 amide bonds. The molecule has 2 rings (SSSR count). The maximum Gasteiger partial charge on any atom is 0.407 e. The minimum Gasteiger partial charge on any atom is -0.444 e. The summed E-state index contributed by atoms with van der Waals surface area (Å²) in [6.07, 6.45) is 4.66. The fourth-order valence-corrected chi connectivity index (χ4v) is 3.46. The van der Waals surface area contributed by atoms with E-state index in [4.69, 9.17) is 9.47 Å². The predicted molar refractivity (Wildman–Crippen MR) is 114 cm³/mol. The Kier molecular flexibility index (Phi) is 9.45. The summed E-state index contributed by atoms with van der Waals surface area (Å²) < 4.78 is 11.0. The number of nitrogens with one attached hydrogen (secondary N) is 1. The molecule has 1 fully saturated rings. The first kappa shape index (κ1) is 23.2. The molecule has 1 aliphatic heterocycles. The molecule has 1 unspecified atom stereocenters. The maximum absolute atomic E-state index is 12.7. The van der Waals surface area contributed by atoms with Crippen molar-refractivity contribution in [2.24, 2.45) is 0 Å². The number of ether oxygens (including phenoxy) is 2. The molecule has 1 aromatic rings. The first-order valence-electron chi connectivity index (χ1n) is 10.7. The van der Waals surface area contributed by atoms with E-state index in [1.54, 1.807) is 0 Å². The van der Waals surface area contributed by atoms with Gasteiger partial charge >= 0.3 is 6.09 Å². The quantitative estimate of drug-likeness (QED) is 0.633. The summed E-state index contributed by atoms with van der Waals surface area (Å²) in [5.41, 5.74) is 0.740. The Hall–Kier alpha value is -2.08. The molecule has 162 valence electrons. The van der Waals surface area contributed by atoms with Gasteiger partial charge in [-0.3, -0.25) is 4.79 Å². The third kappa shape index (κ3) is 9.31. The van der Waals surface area contributed by atoms with Crippen molar-refractivity contribution in [3.05, 3.63) is 35.9 Å². The fraction of sp³-hybridized carbons (Fsp3) is 0.652. The van der Waals surface area contributed by atoms with Crippen LogP contribution >= 0.6 is 0 Å². The third-order valence-electron chi connectivity index (χ3n) is 4.89. The van der Waals surface area contributed by atoms with Crippen molar-refractivity contribution in [2.75, 3.05) is 26.3 Å². The van der Waals surface area contributed by atoms with Gasteiger partial charge in [0.1, 0.15) is 5.60 Å². The lowest BCUT2D eigenvalue weighted by atomic mass is 10.0. The van der Waals surface area contributed by atoms with E-state index < -0.39 is 11.7 Å². The van der Waals surface area contributed by atoms with Crippen molar-refractivity contribution >= 4 is 12.0 Å². The van der Waals surface area contributed by atoms with Crippen molar-refractivity contribution in [2.45, 2.75) is 70.9 Å². The zero-order chi connectivity index (χ0) is 21.1. The largest absolute Gasteiger partial charge is 0.444 e. The lowest BCUT2D eigenvalue weighted by Gasteiger charge is -2.36. The smallest absolute Gasteiger partial charge is 0.407 e. The highest BCUT2D eigenvalue weighted by atomic mass is 16.6. The van der Waals surface area contributed by atoms with E-state index in [9.17, 15) is 9.59 Å². The van der Waals surface area contributed by atoms with Gasteiger partial charge in [-0.25, -0.2) is 4.79 Å². The van der Waals surface area contributed by atoms with Gasteiger partial charge in [0.05, 0.1) is 6.61 Å². The van der Waals surface area contributed by atoms with Crippen LogP contribution in [-0.4, -0.2) is 54.8 Å². The molecule has 0 radical (unpaired) electrons. The van der Waals surface area contributed by atoms with Gasteiger partial charge in [0.2, 0.25) is 5.91 Å². The number of piperidine rings is 1. The number of likely N-dealkylation sites (tertiary alicyclic amines) is 1. The summed E-state index contributed by atoms with van der Waals surface area (Å²) in [5.74, 6) is 0.146. The molecule has 0 aliphatic carbocycles. The van der Waals surface area contributed by atoms with Gasteiger partial charge in [0.15, 0.2) is 0 Å². The molecule has 1 aliphatic rings. The summed E-state index contributed by atoms with van der Waals surface area (Å²) in [5, 5.41) is 2.81. The van der Waals surface area contributed by atoms with Crippen LogP contribution in [0, 0.1) is 0 Å². The highest BCUT2D eigenvalue weighted by molar-refractivity contribution is 5.76. The second-order valence-corrected chi connectivity index (χ2v) is 8.57. The second-order valence-electron chi connectivity index (χ2n) is 8.57. The Bertz CT molecular complexity index is 628. The van der Waals surface area contributed by atoms with Gasteiger partial charge in [-0.15, -0.1) is 0 Å².